The van der Waals surface area contributed by atoms with Crippen LogP contribution in [0.15, 0.2) is 28.9 Å². The van der Waals surface area contributed by atoms with Crippen LogP contribution in [0.5, 0.6) is 0 Å². The summed E-state index contributed by atoms with van der Waals surface area (Å²) in [7, 11) is 0. The number of benzene rings is 1. The molecule has 3 rings (SSSR count). The van der Waals surface area contributed by atoms with E-state index >= 15 is 0 Å². The lowest BCUT2D eigenvalue weighted by atomic mass is 10.2. The molecule has 0 amide bonds. The summed E-state index contributed by atoms with van der Waals surface area (Å²) in [6, 6.07) is 5.74. The fourth-order valence-electron chi connectivity index (χ4n) is 2.15. The van der Waals surface area contributed by atoms with Crippen molar-refractivity contribution in [2.24, 2.45) is 0 Å². The van der Waals surface area contributed by atoms with Crippen LogP contribution < -0.4 is 4.90 Å². The maximum absolute atomic E-state index is 6.05. The molecule has 0 spiro atoms. The maximum Gasteiger partial charge on any atom is 0.0716 e. The van der Waals surface area contributed by atoms with Gasteiger partial charge in [-0.05, 0) is 34.1 Å². The third-order valence-corrected chi connectivity index (χ3v) is 4.17. The summed E-state index contributed by atoms with van der Waals surface area (Å²) in [5.74, 6) is 0. The Bertz CT molecular complexity index is 584. The lowest BCUT2D eigenvalue weighted by molar-refractivity contribution is 0.122. The van der Waals surface area contributed by atoms with Gasteiger partial charge >= 0.3 is 0 Å². The molecule has 1 aromatic carbocycles. The second-order valence-electron chi connectivity index (χ2n) is 4.22. The predicted molar refractivity (Wildman–Crippen MR) is 77.5 cm³/mol. The smallest absolute Gasteiger partial charge is 0.0716 e. The minimum Gasteiger partial charge on any atom is -0.378 e. The molecule has 1 saturated heterocycles. The Morgan fingerprint density at radius 3 is 2.83 bits per heavy atom. The number of aromatic nitrogens is 1. The van der Waals surface area contributed by atoms with Crippen molar-refractivity contribution in [3.63, 3.8) is 0 Å². The molecule has 2 aromatic rings. The number of morpholine rings is 1. The molecule has 0 N–H and O–H groups in total. The first-order valence-electron chi connectivity index (χ1n) is 5.82. The Hall–Kier alpha value is -0.840. The summed E-state index contributed by atoms with van der Waals surface area (Å²) < 4.78 is 6.42. The SMILES string of the molecule is Clc1ccc2ncc(N3CCOCC3)c(Br)c2c1. The van der Waals surface area contributed by atoms with Crippen molar-refractivity contribution in [1.29, 1.82) is 0 Å². The number of ether oxygens (including phenoxy) is 1. The largest absolute Gasteiger partial charge is 0.378 e. The zero-order valence-electron chi connectivity index (χ0n) is 9.70. The van der Waals surface area contributed by atoms with Crippen LogP contribution in [0.3, 0.4) is 0 Å². The summed E-state index contributed by atoms with van der Waals surface area (Å²) in [6.45, 7) is 3.32. The Kier molecular flexibility index (Phi) is 3.41. The molecule has 0 radical (unpaired) electrons. The highest BCUT2D eigenvalue weighted by molar-refractivity contribution is 9.10. The van der Waals surface area contributed by atoms with Gasteiger partial charge in [0, 0.05) is 23.5 Å². The van der Waals surface area contributed by atoms with Crippen molar-refractivity contribution in [3.8, 4) is 0 Å². The van der Waals surface area contributed by atoms with Gasteiger partial charge < -0.3 is 9.64 Å². The molecule has 2 heterocycles. The molecule has 94 valence electrons. The number of hydrogen-bond acceptors (Lipinski definition) is 3. The molecule has 1 aliphatic rings. The third kappa shape index (κ3) is 2.20. The van der Waals surface area contributed by atoms with Gasteiger partial charge in [0.05, 0.1) is 35.1 Å². The number of fused-ring (bicyclic) bond motifs is 1. The molecule has 1 aliphatic heterocycles. The minimum absolute atomic E-state index is 0.726. The number of rotatable bonds is 1. The number of nitrogens with zero attached hydrogens (tertiary/aromatic N) is 2. The summed E-state index contributed by atoms with van der Waals surface area (Å²) >= 11 is 9.72. The van der Waals surface area contributed by atoms with Gasteiger partial charge in [0.15, 0.2) is 0 Å². The molecule has 1 aromatic heterocycles. The van der Waals surface area contributed by atoms with Crippen LogP contribution in [0, 0.1) is 0 Å². The zero-order valence-corrected chi connectivity index (χ0v) is 12.0. The molecule has 18 heavy (non-hydrogen) atoms. The van der Waals surface area contributed by atoms with Crippen LogP contribution in [0.25, 0.3) is 10.9 Å². The van der Waals surface area contributed by atoms with Crippen molar-refractivity contribution in [3.05, 3.63) is 33.9 Å². The van der Waals surface area contributed by atoms with E-state index in [0.29, 0.717) is 0 Å². The van der Waals surface area contributed by atoms with Gasteiger partial charge in [0.25, 0.3) is 0 Å². The first-order chi connectivity index (χ1) is 8.75. The average molecular weight is 328 g/mol. The van der Waals surface area contributed by atoms with Gasteiger partial charge in [-0.1, -0.05) is 11.6 Å². The molecule has 0 atom stereocenters. The molecule has 0 saturated carbocycles. The van der Waals surface area contributed by atoms with Crippen molar-refractivity contribution in [2.45, 2.75) is 0 Å². The van der Waals surface area contributed by atoms with Crippen LogP contribution in [0.4, 0.5) is 5.69 Å². The predicted octanol–water partition coefficient (Wildman–Crippen LogP) is 3.49. The molecule has 0 unspecified atom stereocenters. The van der Waals surface area contributed by atoms with Crippen LogP contribution in [0.1, 0.15) is 0 Å². The molecule has 3 nitrogen and oxygen atoms in total. The Balaban J connectivity index is 2.09. The second-order valence-corrected chi connectivity index (χ2v) is 5.45. The summed E-state index contributed by atoms with van der Waals surface area (Å²) in [5.41, 5.74) is 2.05. The van der Waals surface area contributed by atoms with Gasteiger partial charge in [-0.2, -0.15) is 0 Å². The van der Waals surface area contributed by atoms with E-state index < -0.39 is 0 Å². The number of hydrogen-bond donors (Lipinski definition) is 0. The van der Waals surface area contributed by atoms with E-state index in [2.05, 4.69) is 25.8 Å². The number of halogens is 2. The second kappa shape index (κ2) is 5.03. The molecule has 0 bridgehead atoms. The van der Waals surface area contributed by atoms with Crippen molar-refractivity contribution >= 4 is 44.1 Å². The highest BCUT2D eigenvalue weighted by atomic mass is 79.9. The first-order valence-corrected chi connectivity index (χ1v) is 6.99. The molecular formula is C13H12BrClN2O. The van der Waals surface area contributed by atoms with E-state index in [1.165, 1.54) is 0 Å². The monoisotopic (exact) mass is 326 g/mol. The zero-order chi connectivity index (χ0) is 12.5. The molecule has 1 fully saturated rings. The Morgan fingerprint density at radius 2 is 2.06 bits per heavy atom. The standard InChI is InChI=1S/C13H12BrClN2O/c14-13-10-7-9(15)1-2-11(10)16-8-12(13)17-3-5-18-6-4-17/h1-2,7-8H,3-6H2. The maximum atomic E-state index is 6.05. The number of pyridine rings is 1. The van der Waals surface area contributed by atoms with Crippen LogP contribution in [0.2, 0.25) is 5.02 Å². The van der Waals surface area contributed by atoms with Gasteiger partial charge in [0.2, 0.25) is 0 Å². The van der Waals surface area contributed by atoms with Gasteiger partial charge in [-0.3, -0.25) is 4.98 Å². The Morgan fingerprint density at radius 1 is 1.28 bits per heavy atom. The summed E-state index contributed by atoms with van der Waals surface area (Å²) in [4.78, 5) is 6.77. The minimum atomic E-state index is 0.726. The molecule has 0 aliphatic carbocycles. The van der Waals surface area contributed by atoms with Crippen LogP contribution >= 0.6 is 27.5 Å². The van der Waals surface area contributed by atoms with E-state index in [4.69, 9.17) is 16.3 Å². The van der Waals surface area contributed by atoms with Crippen LogP contribution in [-0.2, 0) is 4.74 Å². The Labute approximate surface area is 119 Å². The van der Waals surface area contributed by atoms with E-state index in [0.717, 1.165) is 52.4 Å². The quantitative estimate of drug-likeness (QED) is 0.802. The number of anilines is 1. The fraction of sp³-hybridized carbons (Fsp3) is 0.308. The van der Waals surface area contributed by atoms with Crippen molar-refractivity contribution < 1.29 is 4.74 Å². The first kappa shape index (κ1) is 12.2. The average Bonchev–Trinajstić information content (AvgIpc) is 2.41. The van der Waals surface area contributed by atoms with Crippen LogP contribution in [-0.4, -0.2) is 31.3 Å². The fourth-order valence-corrected chi connectivity index (χ4v) is 2.99. The lowest BCUT2D eigenvalue weighted by Crippen LogP contribution is -2.36. The van der Waals surface area contributed by atoms with Gasteiger partial charge in [0.1, 0.15) is 0 Å². The topological polar surface area (TPSA) is 25.4 Å². The van der Waals surface area contributed by atoms with Crippen molar-refractivity contribution in [1.82, 2.24) is 4.98 Å². The van der Waals surface area contributed by atoms with E-state index in [1.807, 2.05) is 24.4 Å². The van der Waals surface area contributed by atoms with E-state index in [-0.39, 0.29) is 0 Å². The van der Waals surface area contributed by atoms with Crippen molar-refractivity contribution in [2.75, 3.05) is 31.2 Å². The van der Waals surface area contributed by atoms with E-state index in [1.54, 1.807) is 0 Å². The normalized spacial score (nSPS) is 16.2. The third-order valence-electron chi connectivity index (χ3n) is 3.10. The van der Waals surface area contributed by atoms with Gasteiger partial charge in [-0.25, -0.2) is 0 Å². The summed E-state index contributed by atoms with van der Waals surface area (Å²) in [6.07, 6.45) is 1.91. The van der Waals surface area contributed by atoms with E-state index in [9.17, 15) is 0 Å². The lowest BCUT2D eigenvalue weighted by Gasteiger charge is -2.29. The summed E-state index contributed by atoms with van der Waals surface area (Å²) in [5, 5.41) is 1.77. The highest BCUT2D eigenvalue weighted by Gasteiger charge is 2.16. The molecule has 5 heteroatoms. The molecular weight excluding hydrogens is 316 g/mol. The van der Waals surface area contributed by atoms with Gasteiger partial charge in [-0.15, -0.1) is 0 Å². The highest BCUT2D eigenvalue weighted by Crippen LogP contribution is 2.34.